The summed E-state index contributed by atoms with van der Waals surface area (Å²) in [6.45, 7) is 0. The third kappa shape index (κ3) is 4.19. The Morgan fingerprint density at radius 2 is 1.53 bits per heavy atom. The first kappa shape index (κ1) is 21.1. The number of benzene rings is 2. The molecule has 0 fully saturated rings. The standard InChI is InChI=1S/C21H24N2O7/c1-25-15-7-6-12(8-16(15)26-2)14-11-19(30-23-14)21(24)22-13-9-17(27-3)20(29-5)18(10-13)28-4/h6-10,19H,11H2,1-5H3,(H,22,24)/t19-/m0/s1. The number of rotatable bonds is 8. The van der Waals surface area contributed by atoms with E-state index in [0.717, 1.165) is 5.56 Å². The number of nitrogens with one attached hydrogen (secondary N) is 1. The van der Waals surface area contributed by atoms with E-state index in [1.54, 1.807) is 38.5 Å². The number of amides is 1. The molecule has 160 valence electrons. The molecule has 0 saturated heterocycles. The van der Waals surface area contributed by atoms with Crippen molar-refractivity contribution < 1.29 is 33.3 Å². The Hall–Kier alpha value is -3.62. The molecule has 30 heavy (non-hydrogen) atoms. The lowest BCUT2D eigenvalue weighted by Crippen LogP contribution is -2.28. The maximum atomic E-state index is 12.7. The highest BCUT2D eigenvalue weighted by Crippen LogP contribution is 2.40. The summed E-state index contributed by atoms with van der Waals surface area (Å²) in [5.41, 5.74) is 1.91. The van der Waals surface area contributed by atoms with E-state index in [9.17, 15) is 4.79 Å². The minimum Gasteiger partial charge on any atom is -0.493 e. The molecule has 9 heteroatoms. The Balaban J connectivity index is 1.72. The van der Waals surface area contributed by atoms with Gasteiger partial charge < -0.3 is 33.8 Å². The molecule has 1 N–H and O–H groups in total. The van der Waals surface area contributed by atoms with Crippen LogP contribution in [0.4, 0.5) is 5.69 Å². The molecule has 3 rings (SSSR count). The molecule has 0 bridgehead atoms. The van der Waals surface area contributed by atoms with Gasteiger partial charge in [-0.2, -0.15) is 0 Å². The summed E-state index contributed by atoms with van der Waals surface area (Å²) in [5, 5.41) is 6.87. The van der Waals surface area contributed by atoms with Crippen molar-refractivity contribution in [1.29, 1.82) is 0 Å². The molecule has 1 aliphatic heterocycles. The number of carbonyl (C=O) groups is 1. The molecule has 1 heterocycles. The van der Waals surface area contributed by atoms with Crippen molar-refractivity contribution in [3.8, 4) is 28.7 Å². The van der Waals surface area contributed by atoms with Gasteiger partial charge in [-0.15, -0.1) is 0 Å². The summed E-state index contributed by atoms with van der Waals surface area (Å²) in [4.78, 5) is 18.1. The van der Waals surface area contributed by atoms with Crippen LogP contribution in [0.1, 0.15) is 12.0 Å². The van der Waals surface area contributed by atoms with Crippen LogP contribution in [0.25, 0.3) is 0 Å². The lowest BCUT2D eigenvalue weighted by Gasteiger charge is -2.15. The van der Waals surface area contributed by atoms with Gasteiger partial charge in [0, 0.05) is 29.8 Å². The Bertz CT molecular complexity index is 933. The van der Waals surface area contributed by atoms with Crippen LogP contribution in [0.2, 0.25) is 0 Å². The van der Waals surface area contributed by atoms with E-state index in [2.05, 4.69) is 10.5 Å². The fraction of sp³-hybridized carbons (Fsp3) is 0.333. The van der Waals surface area contributed by atoms with E-state index in [1.165, 1.54) is 21.3 Å². The molecular weight excluding hydrogens is 392 g/mol. The van der Waals surface area contributed by atoms with Gasteiger partial charge in [-0.3, -0.25) is 4.79 Å². The summed E-state index contributed by atoms with van der Waals surface area (Å²) in [5.74, 6) is 2.14. The molecule has 1 aliphatic rings. The molecule has 0 aliphatic carbocycles. The monoisotopic (exact) mass is 416 g/mol. The van der Waals surface area contributed by atoms with Crippen molar-refractivity contribution in [2.75, 3.05) is 40.9 Å². The van der Waals surface area contributed by atoms with Crippen LogP contribution in [-0.4, -0.2) is 53.3 Å². The maximum absolute atomic E-state index is 12.7. The molecule has 0 radical (unpaired) electrons. The second-order valence-corrected chi connectivity index (χ2v) is 6.31. The number of carbonyl (C=O) groups excluding carboxylic acids is 1. The molecule has 1 atom stereocenters. The van der Waals surface area contributed by atoms with Crippen molar-refractivity contribution in [2.45, 2.75) is 12.5 Å². The maximum Gasteiger partial charge on any atom is 0.268 e. The van der Waals surface area contributed by atoms with Crippen molar-refractivity contribution in [2.24, 2.45) is 5.16 Å². The molecule has 9 nitrogen and oxygen atoms in total. The topological polar surface area (TPSA) is 96.8 Å². The van der Waals surface area contributed by atoms with Crippen LogP contribution in [-0.2, 0) is 9.63 Å². The molecule has 2 aromatic rings. The number of ether oxygens (including phenoxy) is 5. The largest absolute Gasteiger partial charge is 0.493 e. The lowest BCUT2D eigenvalue weighted by molar-refractivity contribution is -0.125. The normalized spacial score (nSPS) is 15.0. The zero-order valence-electron chi connectivity index (χ0n) is 17.5. The first-order valence-corrected chi connectivity index (χ1v) is 9.10. The van der Waals surface area contributed by atoms with E-state index in [-0.39, 0.29) is 5.91 Å². The second-order valence-electron chi connectivity index (χ2n) is 6.31. The SMILES string of the molecule is COc1ccc(C2=NO[C@H](C(=O)Nc3cc(OC)c(OC)c(OC)c3)C2)cc1OC. The fourth-order valence-corrected chi connectivity index (χ4v) is 3.08. The van der Waals surface area contributed by atoms with Crippen LogP contribution in [0, 0.1) is 0 Å². The first-order chi connectivity index (χ1) is 14.5. The molecule has 0 spiro atoms. The number of anilines is 1. The summed E-state index contributed by atoms with van der Waals surface area (Å²) >= 11 is 0. The summed E-state index contributed by atoms with van der Waals surface area (Å²) in [6.07, 6.45) is -0.460. The highest BCUT2D eigenvalue weighted by molar-refractivity contribution is 6.06. The summed E-state index contributed by atoms with van der Waals surface area (Å²) in [6, 6.07) is 8.69. The van der Waals surface area contributed by atoms with Gasteiger partial charge in [0.2, 0.25) is 11.9 Å². The van der Waals surface area contributed by atoms with E-state index in [4.69, 9.17) is 28.5 Å². The van der Waals surface area contributed by atoms with Crippen LogP contribution in [0.3, 0.4) is 0 Å². The number of nitrogens with zero attached hydrogens (tertiary/aromatic N) is 1. The van der Waals surface area contributed by atoms with E-state index >= 15 is 0 Å². The van der Waals surface area contributed by atoms with Crippen molar-refractivity contribution in [1.82, 2.24) is 0 Å². The number of methoxy groups -OCH3 is 5. The molecule has 1 amide bonds. The third-order valence-electron chi connectivity index (χ3n) is 4.61. The van der Waals surface area contributed by atoms with Crippen molar-refractivity contribution in [3.05, 3.63) is 35.9 Å². The minimum atomic E-state index is -0.771. The summed E-state index contributed by atoms with van der Waals surface area (Å²) < 4.78 is 26.5. The first-order valence-electron chi connectivity index (χ1n) is 9.10. The van der Waals surface area contributed by atoms with Crippen molar-refractivity contribution >= 4 is 17.3 Å². The number of hydrogen-bond donors (Lipinski definition) is 1. The van der Waals surface area contributed by atoms with Gasteiger partial charge in [0.1, 0.15) is 0 Å². The van der Waals surface area contributed by atoms with Gasteiger partial charge >= 0.3 is 0 Å². The molecule has 2 aromatic carbocycles. The third-order valence-corrected chi connectivity index (χ3v) is 4.61. The van der Waals surface area contributed by atoms with Gasteiger partial charge in [0.05, 0.1) is 41.3 Å². The second kappa shape index (κ2) is 9.25. The predicted octanol–water partition coefficient (Wildman–Crippen LogP) is 2.86. The minimum absolute atomic E-state index is 0.311. The van der Waals surface area contributed by atoms with Gasteiger partial charge in [0.25, 0.3) is 5.91 Å². The fourth-order valence-electron chi connectivity index (χ4n) is 3.08. The molecular formula is C21H24N2O7. The van der Waals surface area contributed by atoms with Crippen LogP contribution >= 0.6 is 0 Å². The smallest absolute Gasteiger partial charge is 0.268 e. The highest BCUT2D eigenvalue weighted by atomic mass is 16.6. The molecule has 0 aromatic heterocycles. The van der Waals surface area contributed by atoms with Gasteiger partial charge in [-0.05, 0) is 18.2 Å². The van der Waals surface area contributed by atoms with Crippen LogP contribution < -0.4 is 29.0 Å². The Labute approximate surface area is 174 Å². The van der Waals surface area contributed by atoms with E-state index < -0.39 is 6.10 Å². The van der Waals surface area contributed by atoms with Crippen LogP contribution in [0.15, 0.2) is 35.5 Å². The van der Waals surface area contributed by atoms with Gasteiger partial charge in [-0.1, -0.05) is 5.16 Å². The Morgan fingerprint density at radius 1 is 0.900 bits per heavy atom. The van der Waals surface area contributed by atoms with Gasteiger partial charge in [-0.25, -0.2) is 0 Å². The number of oxime groups is 1. The van der Waals surface area contributed by atoms with E-state index in [1.807, 2.05) is 6.07 Å². The highest BCUT2D eigenvalue weighted by Gasteiger charge is 2.30. The average molecular weight is 416 g/mol. The Kier molecular flexibility index (Phi) is 6.51. The van der Waals surface area contributed by atoms with Gasteiger partial charge in [0.15, 0.2) is 23.0 Å². The predicted molar refractivity (Wildman–Crippen MR) is 110 cm³/mol. The molecule has 0 saturated carbocycles. The van der Waals surface area contributed by atoms with Crippen molar-refractivity contribution in [3.63, 3.8) is 0 Å². The Morgan fingerprint density at radius 3 is 2.10 bits per heavy atom. The number of hydrogen-bond acceptors (Lipinski definition) is 8. The molecule has 0 unspecified atom stereocenters. The lowest BCUT2D eigenvalue weighted by atomic mass is 10.0. The average Bonchev–Trinajstić information content (AvgIpc) is 3.28. The quantitative estimate of drug-likeness (QED) is 0.707. The summed E-state index contributed by atoms with van der Waals surface area (Å²) in [7, 11) is 7.65. The van der Waals surface area contributed by atoms with Crippen LogP contribution in [0.5, 0.6) is 28.7 Å². The zero-order valence-corrected chi connectivity index (χ0v) is 17.5. The zero-order chi connectivity index (χ0) is 21.7. The van der Waals surface area contributed by atoms with E-state index in [0.29, 0.717) is 46.6 Å².